The monoisotopic (exact) mass is 241 g/mol. The summed E-state index contributed by atoms with van der Waals surface area (Å²) >= 11 is 3.43. The molecule has 0 amide bonds. The average Bonchev–Trinajstić information content (AvgIpc) is 2.91. The van der Waals surface area contributed by atoms with Crippen molar-refractivity contribution in [2.75, 3.05) is 5.73 Å². The van der Waals surface area contributed by atoms with Crippen LogP contribution in [0.15, 0.2) is 4.60 Å². The number of hydrogen-bond donors (Lipinski definition) is 1. The van der Waals surface area contributed by atoms with Gasteiger partial charge in [-0.2, -0.15) is 0 Å². The van der Waals surface area contributed by atoms with Crippen LogP contribution in [0.5, 0.6) is 0 Å². The molecule has 1 aliphatic rings. The van der Waals surface area contributed by atoms with Gasteiger partial charge in [-0.3, -0.25) is 0 Å². The molecule has 1 heterocycles. The van der Waals surface area contributed by atoms with Crippen molar-refractivity contribution >= 4 is 21.7 Å². The minimum Gasteiger partial charge on any atom is -0.382 e. The average molecular weight is 242 g/mol. The Kier molecular flexibility index (Phi) is 2.24. The highest BCUT2D eigenvalue weighted by Gasteiger charge is 2.28. The van der Waals surface area contributed by atoms with Crippen molar-refractivity contribution in [3.8, 4) is 0 Å². The zero-order valence-corrected chi connectivity index (χ0v) is 9.13. The third kappa shape index (κ3) is 1.68. The Morgan fingerprint density at radius 2 is 2.15 bits per heavy atom. The molecule has 1 fully saturated rings. The Hall–Kier alpha value is -0.640. The molecule has 0 radical (unpaired) electrons. The predicted molar refractivity (Wildman–Crippen MR) is 55.5 cm³/mol. The summed E-state index contributed by atoms with van der Waals surface area (Å²) in [6.45, 7) is 2.03. The van der Waals surface area contributed by atoms with E-state index in [4.69, 9.17) is 5.73 Å². The molecule has 0 saturated heterocycles. The van der Waals surface area contributed by atoms with Gasteiger partial charge in [-0.25, -0.2) is 9.97 Å². The first-order chi connectivity index (χ1) is 6.22. The van der Waals surface area contributed by atoms with E-state index >= 15 is 0 Å². The van der Waals surface area contributed by atoms with E-state index in [1.54, 1.807) is 0 Å². The highest BCUT2D eigenvalue weighted by molar-refractivity contribution is 9.10. The van der Waals surface area contributed by atoms with Crippen LogP contribution in [0.4, 0.5) is 5.82 Å². The fourth-order valence-electron chi connectivity index (χ4n) is 1.35. The molecule has 0 atom stereocenters. The minimum absolute atomic E-state index is 0.590. The molecule has 0 aliphatic heterocycles. The molecular formula is C9H12BrN3. The number of hydrogen-bond acceptors (Lipinski definition) is 3. The second kappa shape index (κ2) is 3.25. The number of aromatic nitrogens is 2. The summed E-state index contributed by atoms with van der Waals surface area (Å²) in [5.41, 5.74) is 7.69. The molecule has 4 heteroatoms. The van der Waals surface area contributed by atoms with E-state index in [0.717, 1.165) is 22.4 Å². The molecule has 2 rings (SSSR count). The molecule has 2 N–H and O–H groups in total. The topological polar surface area (TPSA) is 51.8 Å². The first-order valence-electron chi connectivity index (χ1n) is 4.54. The van der Waals surface area contributed by atoms with Crippen LogP contribution < -0.4 is 5.73 Å². The van der Waals surface area contributed by atoms with Crippen molar-refractivity contribution < 1.29 is 0 Å². The third-order valence-corrected chi connectivity index (χ3v) is 2.86. The van der Waals surface area contributed by atoms with E-state index in [2.05, 4.69) is 25.9 Å². The number of nitrogens with two attached hydrogens (primary N) is 1. The Morgan fingerprint density at radius 3 is 2.69 bits per heavy atom. The van der Waals surface area contributed by atoms with E-state index < -0.39 is 0 Å². The van der Waals surface area contributed by atoms with Crippen LogP contribution >= 0.6 is 15.9 Å². The molecule has 13 heavy (non-hydrogen) atoms. The fraction of sp³-hybridized carbons (Fsp3) is 0.556. The van der Waals surface area contributed by atoms with Crippen molar-refractivity contribution in [1.82, 2.24) is 9.97 Å². The normalized spacial score (nSPS) is 16.2. The van der Waals surface area contributed by atoms with Crippen LogP contribution in [0, 0.1) is 0 Å². The van der Waals surface area contributed by atoms with E-state index in [9.17, 15) is 0 Å². The molecule has 0 spiro atoms. The zero-order chi connectivity index (χ0) is 9.42. The second-order valence-corrected chi connectivity index (χ2v) is 4.11. The largest absolute Gasteiger partial charge is 0.382 e. The summed E-state index contributed by atoms with van der Waals surface area (Å²) in [6, 6.07) is 0. The van der Waals surface area contributed by atoms with Crippen LogP contribution in [0.1, 0.15) is 37.1 Å². The molecular weight excluding hydrogens is 230 g/mol. The number of nitrogen functional groups attached to an aromatic ring is 1. The number of anilines is 1. The maximum absolute atomic E-state index is 5.77. The van der Waals surface area contributed by atoms with Crippen molar-refractivity contribution in [2.45, 2.75) is 32.1 Å². The Morgan fingerprint density at radius 1 is 1.46 bits per heavy atom. The minimum atomic E-state index is 0.590. The van der Waals surface area contributed by atoms with Gasteiger partial charge in [0.15, 0.2) is 0 Å². The summed E-state index contributed by atoms with van der Waals surface area (Å²) in [6.07, 6.45) is 3.28. The van der Waals surface area contributed by atoms with Gasteiger partial charge in [0.2, 0.25) is 0 Å². The highest BCUT2D eigenvalue weighted by Crippen LogP contribution is 2.42. The van der Waals surface area contributed by atoms with Gasteiger partial charge in [-0.1, -0.05) is 6.92 Å². The van der Waals surface area contributed by atoms with Gasteiger partial charge in [0.1, 0.15) is 10.4 Å². The quantitative estimate of drug-likeness (QED) is 0.865. The number of aryl methyl sites for hydroxylation is 1. The lowest BCUT2D eigenvalue weighted by Crippen LogP contribution is -2.04. The Bertz CT molecular complexity index is 334. The van der Waals surface area contributed by atoms with E-state index in [0.29, 0.717) is 11.7 Å². The van der Waals surface area contributed by atoms with Crippen molar-refractivity contribution in [3.63, 3.8) is 0 Å². The number of rotatable bonds is 2. The maximum atomic E-state index is 5.77. The van der Waals surface area contributed by atoms with Gasteiger partial charge in [-0.05, 0) is 35.2 Å². The molecule has 0 bridgehead atoms. The summed E-state index contributed by atoms with van der Waals surface area (Å²) in [7, 11) is 0. The molecule has 1 saturated carbocycles. The van der Waals surface area contributed by atoms with Crippen molar-refractivity contribution in [2.24, 2.45) is 0 Å². The molecule has 1 aromatic rings. The third-order valence-electron chi connectivity index (χ3n) is 2.28. The van der Waals surface area contributed by atoms with E-state index in [1.807, 2.05) is 6.92 Å². The Labute approximate surface area is 85.9 Å². The molecule has 0 unspecified atom stereocenters. The first-order valence-corrected chi connectivity index (χ1v) is 5.33. The molecule has 3 nitrogen and oxygen atoms in total. The number of nitrogens with zero attached hydrogens (tertiary/aromatic N) is 2. The van der Waals surface area contributed by atoms with E-state index in [-0.39, 0.29) is 0 Å². The summed E-state index contributed by atoms with van der Waals surface area (Å²) in [5.74, 6) is 1.18. The standard InChI is InChI=1S/C9H12BrN3/c1-2-6-9(11)13-7(5-3-4-5)8(10)12-6/h5H,2-4H2,1H3,(H2,11,13). The maximum Gasteiger partial charge on any atom is 0.145 e. The second-order valence-electron chi connectivity index (χ2n) is 3.36. The molecule has 1 aromatic heterocycles. The van der Waals surface area contributed by atoms with Crippen LogP contribution in [0.2, 0.25) is 0 Å². The predicted octanol–water partition coefficient (Wildman–Crippen LogP) is 2.26. The lowest BCUT2D eigenvalue weighted by Gasteiger charge is -2.06. The van der Waals surface area contributed by atoms with Gasteiger partial charge in [0, 0.05) is 5.92 Å². The van der Waals surface area contributed by atoms with Gasteiger partial charge in [0.05, 0.1) is 11.4 Å². The van der Waals surface area contributed by atoms with E-state index in [1.165, 1.54) is 12.8 Å². The highest BCUT2D eigenvalue weighted by atomic mass is 79.9. The smallest absolute Gasteiger partial charge is 0.145 e. The van der Waals surface area contributed by atoms with Gasteiger partial charge in [0.25, 0.3) is 0 Å². The summed E-state index contributed by atoms with van der Waals surface area (Å²) in [5, 5.41) is 0. The first kappa shape index (κ1) is 8.94. The molecule has 70 valence electrons. The summed E-state index contributed by atoms with van der Waals surface area (Å²) < 4.78 is 0.876. The van der Waals surface area contributed by atoms with Crippen LogP contribution in [-0.2, 0) is 6.42 Å². The molecule has 0 aromatic carbocycles. The number of halogens is 1. The van der Waals surface area contributed by atoms with Gasteiger partial charge >= 0.3 is 0 Å². The van der Waals surface area contributed by atoms with Crippen molar-refractivity contribution in [1.29, 1.82) is 0 Å². The molecule has 1 aliphatic carbocycles. The van der Waals surface area contributed by atoms with Crippen LogP contribution in [0.25, 0.3) is 0 Å². The SMILES string of the molecule is CCc1nc(Br)c(C2CC2)nc1N. The lowest BCUT2D eigenvalue weighted by molar-refractivity contribution is 0.919. The van der Waals surface area contributed by atoms with Crippen LogP contribution in [-0.4, -0.2) is 9.97 Å². The lowest BCUT2D eigenvalue weighted by atomic mass is 10.2. The zero-order valence-electron chi connectivity index (χ0n) is 7.55. The fourth-order valence-corrected chi connectivity index (χ4v) is 1.98. The summed E-state index contributed by atoms with van der Waals surface area (Å²) in [4.78, 5) is 8.76. The van der Waals surface area contributed by atoms with Gasteiger partial charge < -0.3 is 5.73 Å². The van der Waals surface area contributed by atoms with Gasteiger partial charge in [-0.15, -0.1) is 0 Å². The van der Waals surface area contributed by atoms with Crippen molar-refractivity contribution in [3.05, 3.63) is 16.0 Å². The Balaban J connectivity index is 2.42. The van der Waals surface area contributed by atoms with Crippen LogP contribution in [0.3, 0.4) is 0 Å².